The van der Waals surface area contributed by atoms with Crippen molar-refractivity contribution < 1.29 is 14.3 Å². The molecule has 0 aliphatic rings. The molecule has 0 fully saturated rings. The van der Waals surface area contributed by atoms with E-state index in [1.807, 2.05) is 18.2 Å². The largest absolute Gasteiger partial charge is 0.490 e. The van der Waals surface area contributed by atoms with Crippen molar-refractivity contribution in [2.24, 2.45) is 0 Å². The average molecular weight is 248 g/mol. The van der Waals surface area contributed by atoms with Crippen molar-refractivity contribution in [1.29, 1.82) is 0 Å². The van der Waals surface area contributed by atoms with E-state index in [9.17, 15) is 4.79 Å². The molecule has 0 N–H and O–H groups in total. The zero-order chi connectivity index (χ0) is 13.4. The van der Waals surface area contributed by atoms with Crippen LogP contribution in [0.4, 0.5) is 0 Å². The van der Waals surface area contributed by atoms with Gasteiger partial charge in [0.2, 0.25) is 0 Å². The van der Waals surface area contributed by atoms with Gasteiger partial charge < -0.3 is 9.47 Å². The summed E-state index contributed by atoms with van der Waals surface area (Å²) in [6, 6.07) is 7.93. The number of carbonyl (C=O) groups excluding carboxylic acids is 1. The number of carbonyl (C=O) groups is 1. The molecule has 0 heterocycles. The molecule has 0 aliphatic heterocycles. The summed E-state index contributed by atoms with van der Waals surface area (Å²) < 4.78 is 10.6. The second-order valence-corrected chi connectivity index (χ2v) is 4.12. The van der Waals surface area contributed by atoms with Crippen molar-refractivity contribution in [3.05, 3.63) is 42.0 Å². The molecule has 1 aromatic rings. The third-order valence-corrected chi connectivity index (χ3v) is 2.41. The fraction of sp³-hybridized carbons (Fsp3) is 0.400. The highest BCUT2D eigenvalue weighted by Crippen LogP contribution is 2.19. The molecule has 0 saturated carbocycles. The van der Waals surface area contributed by atoms with E-state index in [0.717, 1.165) is 18.6 Å². The number of hydrogen-bond acceptors (Lipinski definition) is 3. The van der Waals surface area contributed by atoms with E-state index in [4.69, 9.17) is 9.47 Å². The van der Waals surface area contributed by atoms with E-state index in [1.54, 1.807) is 6.92 Å². The first-order chi connectivity index (χ1) is 8.65. The van der Waals surface area contributed by atoms with Crippen LogP contribution in [0.25, 0.3) is 0 Å². The molecule has 0 amide bonds. The van der Waals surface area contributed by atoms with Crippen molar-refractivity contribution in [2.45, 2.75) is 26.7 Å². The van der Waals surface area contributed by atoms with Gasteiger partial charge in [-0.25, -0.2) is 4.79 Å². The molecule has 0 radical (unpaired) electrons. The topological polar surface area (TPSA) is 35.5 Å². The quantitative estimate of drug-likeness (QED) is 0.422. The zero-order valence-electron chi connectivity index (χ0n) is 11.1. The number of benzene rings is 1. The maximum absolute atomic E-state index is 11.1. The maximum Gasteiger partial charge on any atom is 0.333 e. The second kappa shape index (κ2) is 7.54. The van der Waals surface area contributed by atoms with Crippen LogP contribution in [-0.2, 0) is 16.0 Å². The van der Waals surface area contributed by atoms with Crippen molar-refractivity contribution in [3.8, 4) is 5.75 Å². The number of aryl methyl sites for hydroxylation is 1. The Morgan fingerprint density at radius 1 is 1.28 bits per heavy atom. The van der Waals surface area contributed by atoms with Crippen molar-refractivity contribution in [3.63, 3.8) is 0 Å². The van der Waals surface area contributed by atoms with Crippen LogP contribution in [0.3, 0.4) is 0 Å². The van der Waals surface area contributed by atoms with Gasteiger partial charge >= 0.3 is 5.97 Å². The molecule has 0 spiro atoms. The summed E-state index contributed by atoms with van der Waals surface area (Å²) >= 11 is 0. The number of hydrogen-bond donors (Lipinski definition) is 0. The first kappa shape index (κ1) is 14.3. The van der Waals surface area contributed by atoms with E-state index >= 15 is 0 Å². The molecule has 0 unspecified atom stereocenters. The Bertz CT molecular complexity index is 410. The SMILES string of the molecule is C=C(C)C(=O)OCCOc1ccccc1CCC. The molecule has 18 heavy (non-hydrogen) atoms. The van der Waals surface area contributed by atoms with Gasteiger partial charge in [0.1, 0.15) is 19.0 Å². The third kappa shape index (κ3) is 4.62. The standard InChI is InChI=1S/C15H20O3/c1-4-7-13-8-5-6-9-14(13)17-10-11-18-15(16)12(2)3/h5-6,8-9H,2,4,7,10-11H2,1,3H3. The van der Waals surface area contributed by atoms with Crippen LogP contribution in [0.2, 0.25) is 0 Å². The van der Waals surface area contributed by atoms with Crippen molar-refractivity contribution >= 4 is 5.97 Å². The smallest absolute Gasteiger partial charge is 0.333 e. The lowest BCUT2D eigenvalue weighted by Crippen LogP contribution is -2.12. The Morgan fingerprint density at radius 3 is 2.67 bits per heavy atom. The highest BCUT2D eigenvalue weighted by Gasteiger charge is 2.04. The Labute approximate surface area is 108 Å². The van der Waals surface area contributed by atoms with Crippen molar-refractivity contribution in [2.75, 3.05) is 13.2 Å². The van der Waals surface area contributed by atoms with E-state index in [-0.39, 0.29) is 12.6 Å². The van der Waals surface area contributed by atoms with Gasteiger partial charge in [0.15, 0.2) is 0 Å². The van der Waals surface area contributed by atoms with E-state index in [1.165, 1.54) is 5.56 Å². The van der Waals surface area contributed by atoms with Crippen LogP contribution in [-0.4, -0.2) is 19.2 Å². The van der Waals surface area contributed by atoms with Crippen LogP contribution in [0.15, 0.2) is 36.4 Å². The van der Waals surface area contributed by atoms with Gasteiger partial charge in [-0.1, -0.05) is 38.1 Å². The molecule has 0 saturated heterocycles. The molecule has 0 aliphatic carbocycles. The first-order valence-corrected chi connectivity index (χ1v) is 6.18. The maximum atomic E-state index is 11.1. The zero-order valence-corrected chi connectivity index (χ0v) is 11.1. The summed E-state index contributed by atoms with van der Waals surface area (Å²) in [6.07, 6.45) is 2.06. The van der Waals surface area contributed by atoms with Crippen LogP contribution < -0.4 is 4.74 Å². The van der Waals surface area contributed by atoms with Gasteiger partial charge in [-0.2, -0.15) is 0 Å². The fourth-order valence-electron chi connectivity index (χ4n) is 1.53. The molecule has 0 bridgehead atoms. The first-order valence-electron chi connectivity index (χ1n) is 6.18. The second-order valence-electron chi connectivity index (χ2n) is 4.12. The number of rotatable bonds is 7. The van der Waals surface area contributed by atoms with Gasteiger partial charge in [0.05, 0.1) is 0 Å². The number of esters is 1. The third-order valence-electron chi connectivity index (χ3n) is 2.41. The fourth-order valence-corrected chi connectivity index (χ4v) is 1.53. The minimum Gasteiger partial charge on any atom is -0.490 e. The van der Waals surface area contributed by atoms with Gasteiger partial charge in [0, 0.05) is 5.57 Å². The minimum atomic E-state index is -0.375. The summed E-state index contributed by atoms with van der Waals surface area (Å²) in [4.78, 5) is 11.1. The van der Waals surface area contributed by atoms with Gasteiger partial charge in [-0.05, 0) is 25.0 Å². The molecule has 1 rings (SSSR count). The number of para-hydroxylation sites is 1. The summed E-state index contributed by atoms with van der Waals surface area (Å²) in [6.45, 7) is 7.87. The highest BCUT2D eigenvalue weighted by atomic mass is 16.6. The van der Waals surface area contributed by atoms with Gasteiger partial charge in [-0.3, -0.25) is 0 Å². The van der Waals surface area contributed by atoms with Crippen molar-refractivity contribution in [1.82, 2.24) is 0 Å². The highest BCUT2D eigenvalue weighted by molar-refractivity contribution is 5.86. The molecule has 3 heteroatoms. The summed E-state index contributed by atoms with van der Waals surface area (Å²) in [5.74, 6) is 0.492. The van der Waals surface area contributed by atoms with Crippen LogP contribution in [0.1, 0.15) is 25.8 Å². The number of ether oxygens (including phenoxy) is 2. The van der Waals surface area contributed by atoms with Crippen LogP contribution >= 0.6 is 0 Å². The predicted molar refractivity (Wildman–Crippen MR) is 71.7 cm³/mol. The lowest BCUT2D eigenvalue weighted by molar-refractivity contribution is -0.139. The lowest BCUT2D eigenvalue weighted by Gasteiger charge is -2.11. The normalized spacial score (nSPS) is 9.89. The molecule has 98 valence electrons. The lowest BCUT2D eigenvalue weighted by atomic mass is 10.1. The Balaban J connectivity index is 2.39. The molecule has 3 nitrogen and oxygen atoms in total. The summed E-state index contributed by atoms with van der Waals surface area (Å²) in [5, 5.41) is 0. The Hall–Kier alpha value is -1.77. The predicted octanol–water partition coefficient (Wildman–Crippen LogP) is 3.14. The van der Waals surface area contributed by atoms with Crippen LogP contribution in [0, 0.1) is 0 Å². The molecular formula is C15H20O3. The Kier molecular flexibility index (Phi) is 5.98. The minimum absolute atomic E-state index is 0.242. The average Bonchev–Trinajstić information content (AvgIpc) is 2.36. The van der Waals surface area contributed by atoms with Crippen LogP contribution in [0.5, 0.6) is 5.75 Å². The summed E-state index contributed by atoms with van der Waals surface area (Å²) in [5.41, 5.74) is 1.59. The van der Waals surface area contributed by atoms with Gasteiger partial charge in [0.25, 0.3) is 0 Å². The molecular weight excluding hydrogens is 228 g/mol. The van der Waals surface area contributed by atoms with E-state index in [2.05, 4.69) is 19.6 Å². The van der Waals surface area contributed by atoms with E-state index < -0.39 is 0 Å². The van der Waals surface area contributed by atoms with Gasteiger partial charge in [-0.15, -0.1) is 0 Å². The summed E-state index contributed by atoms with van der Waals surface area (Å²) in [7, 11) is 0. The van der Waals surface area contributed by atoms with E-state index in [0.29, 0.717) is 12.2 Å². The molecule has 1 aromatic carbocycles. The monoisotopic (exact) mass is 248 g/mol. The molecule has 0 atom stereocenters. The Morgan fingerprint density at radius 2 is 2.00 bits per heavy atom. The molecule has 0 aromatic heterocycles.